The van der Waals surface area contributed by atoms with Crippen molar-refractivity contribution in [1.82, 2.24) is 0 Å². The van der Waals surface area contributed by atoms with Crippen LogP contribution in [0, 0.1) is 5.82 Å². The molecule has 0 saturated heterocycles. The summed E-state index contributed by atoms with van der Waals surface area (Å²) in [6.45, 7) is 0. The number of benzene rings is 1. The maximum Gasteiger partial charge on any atom is 0.235 e. The number of isocyanates is 1. The predicted octanol–water partition coefficient (Wildman–Crippen LogP) is 1.51. The molecule has 0 bridgehead atoms. The number of aliphatic hydroxyl groups excluding tert-OH is 1. The third-order valence-corrected chi connectivity index (χ3v) is 2.77. The number of aliphatic imine (C=N–C) groups is 1. The fraction of sp³-hybridized carbons (Fsp3) is 0.364. The molecule has 0 aromatic heterocycles. The van der Waals surface area contributed by atoms with Crippen LogP contribution in [0.1, 0.15) is 18.4 Å². The molecular weight excluding hydrogens is 197 g/mol. The summed E-state index contributed by atoms with van der Waals surface area (Å²) in [5.41, 5.74) is -0.139. The van der Waals surface area contributed by atoms with Crippen molar-refractivity contribution >= 4 is 6.08 Å². The SMILES string of the molecule is O=C=NC1(c2cccc(F)c2)CC(O)C1. The van der Waals surface area contributed by atoms with Gasteiger partial charge in [0.05, 0.1) is 6.10 Å². The molecule has 3 nitrogen and oxygen atoms in total. The van der Waals surface area contributed by atoms with Crippen molar-refractivity contribution in [2.45, 2.75) is 24.5 Å². The molecule has 1 aromatic carbocycles. The van der Waals surface area contributed by atoms with Gasteiger partial charge in [0.25, 0.3) is 0 Å². The van der Waals surface area contributed by atoms with Gasteiger partial charge in [-0.05, 0) is 17.7 Å². The molecule has 0 heterocycles. The lowest BCUT2D eigenvalue weighted by atomic mass is 9.70. The van der Waals surface area contributed by atoms with Crippen molar-refractivity contribution in [3.05, 3.63) is 35.6 Å². The number of nitrogens with zero attached hydrogens (tertiary/aromatic N) is 1. The second kappa shape index (κ2) is 3.57. The van der Waals surface area contributed by atoms with E-state index in [2.05, 4.69) is 4.99 Å². The van der Waals surface area contributed by atoms with E-state index in [1.807, 2.05) is 0 Å². The summed E-state index contributed by atoms with van der Waals surface area (Å²) in [5, 5.41) is 9.26. The van der Waals surface area contributed by atoms with E-state index < -0.39 is 11.6 Å². The first-order valence-electron chi connectivity index (χ1n) is 4.69. The van der Waals surface area contributed by atoms with E-state index in [9.17, 15) is 14.3 Å². The minimum absolute atomic E-state index is 0.353. The maximum absolute atomic E-state index is 13.0. The minimum atomic E-state index is -0.761. The normalized spacial score (nSPS) is 29.1. The fourth-order valence-corrected chi connectivity index (χ4v) is 1.98. The molecule has 4 heteroatoms. The number of hydrogen-bond acceptors (Lipinski definition) is 3. The zero-order valence-electron chi connectivity index (χ0n) is 7.98. The van der Waals surface area contributed by atoms with Crippen LogP contribution in [0.4, 0.5) is 4.39 Å². The topological polar surface area (TPSA) is 49.7 Å². The first kappa shape index (κ1) is 10.0. The van der Waals surface area contributed by atoms with Gasteiger partial charge in [0.2, 0.25) is 6.08 Å². The molecule has 1 N–H and O–H groups in total. The molecule has 0 unspecified atom stereocenters. The van der Waals surface area contributed by atoms with E-state index in [1.54, 1.807) is 12.1 Å². The Balaban J connectivity index is 2.38. The van der Waals surface area contributed by atoms with Gasteiger partial charge in [-0.25, -0.2) is 9.18 Å². The van der Waals surface area contributed by atoms with Crippen LogP contribution >= 0.6 is 0 Å². The summed E-state index contributed by atoms with van der Waals surface area (Å²) in [5.74, 6) is -0.366. The summed E-state index contributed by atoms with van der Waals surface area (Å²) in [6, 6.07) is 5.94. The smallest absolute Gasteiger partial charge is 0.235 e. The lowest BCUT2D eigenvalue weighted by Crippen LogP contribution is -2.43. The molecule has 1 aliphatic rings. The largest absolute Gasteiger partial charge is 0.393 e. The molecule has 1 fully saturated rings. The molecule has 1 aliphatic carbocycles. The Morgan fingerprint density at radius 2 is 2.27 bits per heavy atom. The van der Waals surface area contributed by atoms with Gasteiger partial charge in [0, 0.05) is 12.8 Å². The molecular formula is C11H10FNO2. The number of halogens is 1. The van der Waals surface area contributed by atoms with E-state index in [0.717, 1.165) is 0 Å². The Bertz CT molecular complexity index is 420. The molecule has 2 rings (SSSR count). The van der Waals surface area contributed by atoms with Crippen LogP contribution < -0.4 is 0 Å². The molecule has 0 spiro atoms. The molecule has 0 radical (unpaired) electrons. The second-order valence-corrected chi connectivity index (χ2v) is 3.81. The van der Waals surface area contributed by atoms with Gasteiger partial charge < -0.3 is 5.11 Å². The molecule has 15 heavy (non-hydrogen) atoms. The summed E-state index contributed by atoms with van der Waals surface area (Å²) >= 11 is 0. The van der Waals surface area contributed by atoms with Crippen LogP contribution in [0.2, 0.25) is 0 Å². The zero-order chi connectivity index (χ0) is 10.9. The maximum atomic E-state index is 13.0. The average Bonchev–Trinajstić information content (AvgIpc) is 2.15. The van der Waals surface area contributed by atoms with Crippen LogP contribution in [0.3, 0.4) is 0 Å². The van der Waals surface area contributed by atoms with Crippen LogP contribution in [0.5, 0.6) is 0 Å². The highest BCUT2D eigenvalue weighted by molar-refractivity contribution is 5.40. The van der Waals surface area contributed by atoms with Crippen molar-refractivity contribution in [3.63, 3.8) is 0 Å². The molecule has 0 amide bonds. The van der Waals surface area contributed by atoms with Gasteiger partial charge >= 0.3 is 0 Å². The van der Waals surface area contributed by atoms with Crippen molar-refractivity contribution in [2.24, 2.45) is 4.99 Å². The monoisotopic (exact) mass is 207 g/mol. The van der Waals surface area contributed by atoms with Gasteiger partial charge in [-0.2, -0.15) is 4.99 Å². The third-order valence-electron chi connectivity index (χ3n) is 2.77. The quantitative estimate of drug-likeness (QED) is 0.590. The van der Waals surface area contributed by atoms with E-state index in [1.165, 1.54) is 18.2 Å². The number of aliphatic hydroxyl groups is 1. The highest BCUT2D eigenvalue weighted by Crippen LogP contribution is 2.44. The van der Waals surface area contributed by atoms with Crippen LogP contribution in [0.15, 0.2) is 29.3 Å². The first-order valence-corrected chi connectivity index (χ1v) is 4.69. The third kappa shape index (κ3) is 1.69. The molecule has 78 valence electrons. The van der Waals surface area contributed by atoms with E-state index >= 15 is 0 Å². The van der Waals surface area contributed by atoms with Gasteiger partial charge in [-0.15, -0.1) is 0 Å². The summed E-state index contributed by atoms with van der Waals surface area (Å²) in [6.07, 6.45) is 1.73. The Kier molecular flexibility index (Phi) is 2.39. The van der Waals surface area contributed by atoms with Crippen LogP contribution in [-0.2, 0) is 10.3 Å². The second-order valence-electron chi connectivity index (χ2n) is 3.81. The highest BCUT2D eigenvalue weighted by Gasteiger charge is 2.45. The molecule has 1 aromatic rings. The lowest BCUT2D eigenvalue weighted by molar-refractivity contribution is 0.0222. The van der Waals surface area contributed by atoms with Crippen molar-refractivity contribution < 1.29 is 14.3 Å². The van der Waals surface area contributed by atoms with Crippen molar-refractivity contribution in [2.75, 3.05) is 0 Å². The van der Waals surface area contributed by atoms with Crippen molar-refractivity contribution in [1.29, 1.82) is 0 Å². The summed E-state index contributed by atoms with van der Waals surface area (Å²) < 4.78 is 13.0. The molecule has 0 aliphatic heterocycles. The van der Waals surface area contributed by atoms with Crippen LogP contribution in [-0.4, -0.2) is 17.3 Å². The predicted molar refractivity (Wildman–Crippen MR) is 51.4 cm³/mol. The number of carbonyl (C=O) groups excluding carboxylic acids is 1. The van der Waals surface area contributed by atoms with E-state index in [-0.39, 0.29) is 5.82 Å². The van der Waals surface area contributed by atoms with Gasteiger partial charge in [0.15, 0.2) is 0 Å². The van der Waals surface area contributed by atoms with E-state index in [4.69, 9.17) is 0 Å². The molecule has 1 saturated carbocycles. The van der Waals surface area contributed by atoms with E-state index in [0.29, 0.717) is 18.4 Å². The Hall–Kier alpha value is -1.51. The standard InChI is InChI=1S/C11H10FNO2/c12-9-3-1-2-8(4-9)11(13-7-14)5-10(15)6-11/h1-4,10,15H,5-6H2. The van der Waals surface area contributed by atoms with Crippen molar-refractivity contribution in [3.8, 4) is 0 Å². The van der Waals surface area contributed by atoms with Crippen LogP contribution in [0.25, 0.3) is 0 Å². The Morgan fingerprint density at radius 1 is 1.53 bits per heavy atom. The Labute approximate surface area is 86.3 Å². The highest BCUT2D eigenvalue weighted by atomic mass is 19.1. The van der Waals surface area contributed by atoms with Gasteiger partial charge in [-0.3, -0.25) is 0 Å². The number of hydrogen-bond donors (Lipinski definition) is 1. The van der Waals surface area contributed by atoms with Gasteiger partial charge in [-0.1, -0.05) is 12.1 Å². The zero-order valence-corrected chi connectivity index (χ0v) is 7.98. The Morgan fingerprint density at radius 3 is 2.80 bits per heavy atom. The number of rotatable bonds is 2. The average molecular weight is 207 g/mol. The van der Waals surface area contributed by atoms with Gasteiger partial charge in [0.1, 0.15) is 11.4 Å². The summed E-state index contributed by atoms with van der Waals surface area (Å²) in [7, 11) is 0. The molecule has 0 atom stereocenters. The minimum Gasteiger partial charge on any atom is -0.393 e. The lowest BCUT2D eigenvalue weighted by Gasteiger charge is -2.41. The summed E-state index contributed by atoms with van der Waals surface area (Å²) in [4.78, 5) is 14.0. The first-order chi connectivity index (χ1) is 7.16. The fourth-order valence-electron chi connectivity index (χ4n) is 1.98.